The molecule has 4 nitrogen and oxygen atoms in total. The van der Waals surface area contributed by atoms with Gasteiger partial charge in [0.1, 0.15) is 0 Å². The molecule has 0 atom stereocenters. The summed E-state index contributed by atoms with van der Waals surface area (Å²) in [6, 6.07) is 3.71. The van der Waals surface area contributed by atoms with Gasteiger partial charge in [-0.1, -0.05) is 18.5 Å². The van der Waals surface area contributed by atoms with Crippen molar-refractivity contribution in [3.8, 4) is 0 Å². The van der Waals surface area contributed by atoms with Gasteiger partial charge in [0.15, 0.2) is 5.78 Å². The zero-order valence-electron chi connectivity index (χ0n) is 9.72. The molecule has 2 aromatic heterocycles. The van der Waals surface area contributed by atoms with Crippen LogP contribution in [-0.2, 0) is 13.0 Å². The highest BCUT2D eigenvalue weighted by molar-refractivity contribution is 7.14. The molecule has 0 N–H and O–H groups in total. The van der Waals surface area contributed by atoms with Crippen molar-refractivity contribution in [2.45, 2.75) is 19.9 Å². The Morgan fingerprint density at radius 1 is 1.50 bits per heavy atom. The van der Waals surface area contributed by atoms with Gasteiger partial charge in [-0.15, -0.1) is 11.3 Å². The normalized spacial score (nSPS) is 10.6. The standard InChI is InChI=1S/C12H11ClN2O2S/c1-2-9-3-4-11(18-9)10(16)7-15-6-8(13)5-14-12(15)17/h3-6H,2,7H2,1H3. The zero-order valence-corrected chi connectivity index (χ0v) is 11.3. The summed E-state index contributed by atoms with van der Waals surface area (Å²) in [5.41, 5.74) is -0.472. The number of hydrogen-bond acceptors (Lipinski definition) is 4. The van der Waals surface area contributed by atoms with Crippen molar-refractivity contribution in [2.75, 3.05) is 0 Å². The third kappa shape index (κ3) is 2.86. The van der Waals surface area contributed by atoms with Crippen molar-refractivity contribution >= 4 is 28.7 Å². The molecule has 0 aliphatic carbocycles. The van der Waals surface area contributed by atoms with Crippen molar-refractivity contribution in [3.05, 3.63) is 49.8 Å². The number of carbonyl (C=O) groups excluding carboxylic acids is 1. The van der Waals surface area contributed by atoms with E-state index in [1.165, 1.54) is 28.3 Å². The summed E-state index contributed by atoms with van der Waals surface area (Å²) in [6.07, 6.45) is 3.59. The number of carbonyl (C=O) groups is 1. The van der Waals surface area contributed by atoms with Crippen LogP contribution < -0.4 is 5.69 Å². The molecule has 0 spiro atoms. The Hall–Kier alpha value is -1.46. The van der Waals surface area contributed by atoms with Gasteiger partial charge >= 0.3 is 5.69 Å². The second kappa shape index (κ2) is 5.46. The Bertz CT molecular complexity index is 633. The maximum atomic E-state index is 12.0. The van der Waals surface area contributed by atoms with Crippen LogP contribution in [0.1, 0.15) is 21.5 Å². The predicted octanol–water partition coefficient (Wildman–Crippen LogP) is 2.40. The lowest BCUT2D eigenvalue weighted by Gasteiger charge is -2.02. The molecule has 2 rings (SSSR count). The van der Waals surface area contributed by atoms with Crippen LogP contribution in [0.3, 0.4) is 0 Å². The van der Waals surface area contributed by atoms with Crippen LogP contribution in [-0.4, -0.2) is 15.3 Å². The molecular formula is C12H11ClN2O2S. The van der Waals surface area contributed by atoms with Gasteiger partial charge in [0.2, 0.25) is 0 Å². The Labute approximate surface area is 113 Å². The molecule has 0 unspecified atom stereocenters. The molecule has 2 aromatic rings. The van der Waals surface area contributed by atoms with Gasteiger partial charge in [0, 0.05) is 11.1 Å². The van der Waals surface area contributed by atoms with Gasteiger partial charge in [-0.05, 0) is 18.6 Å². The molecule has 6 heteroatoms. The van der Waals surface area contributed by atoms with Crippen LogP contribution >= 0.6 is 22.9 Å². The van der Waals surface area contributed by atoms with Crippen LogP contribution in [0.5, 0.6) is 0 Å². The summed E-state index contributed by atoms with van der Waals surface area (Å²) in [4.78, 5) is 28.8. The van der Waals surface area contributed by atoms with E-state index in [2.05, 4.69) is 4.98 Å². The van der Waals surface area contributed by atoms with Gasteiger partial charge in [-0.25, -0.2) is 9.78 Å². The molecule has 0 amide bonds. The van der Waals surface area contributed by atoms with E-state index in [-0.39, 0.29) is 12.3 Å². The molecule has 0 aromatic carbocycles. The molecule has 0 aliphatic rings. The van der Waals surface area contributed by atoms with Gasteiger partial charge in [-0.3, -0.25) is 9.36 Å². The molecule has 2 heterocycles. The van der Waals surface area contributed by atoms with Crippen molar-refractivity contribution in [1.29, 1.82) is 0 Å². The number of aromatic nitrogens is 2. The minimum Gasteiger partial charge on any atom is -0.291 e. The number of ketones is 1. The largest absolute Gasteiger partial charge is 0.348 e. The first-order valence-corrected chi connectivity index (χ1v) is 6.63. The number of hydrogen-bond donors (Lipinski definition) is 0. The van der Waals surface area contributed by atoms with Crippen molar-refractivity contribution in [1.82, 2.24) is 9.55 Å². The zero-order chi connectivity index (χ0) is 13.1. The second-order valence-electron chi connectivity index (χ2n) is 3.73. The average Bonchev–Trinajstić information content (AvgIpc) is 2.82. The van der Waals surface area contributed by atoms with Gasteiger partial charge in [0.05, 0.1) is 22.6 Å². The lowest BCUT2D eigenvalue weighted by atomic mass is 10.3. The fourth-order valence-electron chi connectivity index (χ4n) is 1.49. The maximum absolute atomic E-state index is 12.0. The molecule has 94 valence electrons. The first kappa shape index (κ1) is 13.0. The minimum absolute atomic E-state index is 0.0317. The molecule has 0 saturated heterocycles. The van der Waals surface area contributed by atoms with E-state index >= 15 is 0 Å². The molecule has 0 radical (unpaired) electrons. The first-order chi connectivity index (χ1) is 8.60. The Balaban J connectivity index is 2.21. The fourth-order valence-corrected chi connectivity index (χ4v) is 2.54. The Morgan fingerprint density at radius 3 is 2.94 bits per heavy atom. The van der Waals surface area contributed by atoms with Crippen LogP contribution in [0, 0.1) is 0 Å². The second-order valence-corrected chi connectivity index (χ2v) is 5.33. The van der Waals surface area contributed by atoms with Gasteiger partial charge in [-0.2, -0.15) is 0 Å². The number of halogens is 1. The fraction of sp³-hybridized carbons (Fsp3) is 0.250. The summed E-state index contributed by atoms with van der Waals surface area (Å²) in [6.45, 7) is 2.00. The van der Waals surface area contributed by atoms with Gasteiger partial charge in [0.25, 0.3) is 0 Å². The summed E-state index contributed by atoms with van der Waals surface area (Å²) < 4.78 is 1.22. The summed E-state index contributed by atoms with van der Waals surface area (Å²) >= 11 is 7.19. The van der Waals surface area contributed by atoms with Crippen LogP contribution in [0.25, 0.3) is 0 Å². The highest BCUT2D eigenvalue weighted by Gasteiger charge is 2.11. The van der Waals surface area contributed by atoms with Crippen LogP contribution in [0.15, 0.2) is 29.3 Å². The van der Waals surface area contributed by atoms with Crippen molar-refractivity contribution < 1.29 is 4.79 Å². The van der Waals surface area contributed by atoms with E-state index < -0.39 is 5.69 Å². The van der Waals surface area contributed by atoms with E-state index in [1.54, 1.807) is 6.07 Å². The molecule has 0 aliphatic heterocycles. The van der Waals surface area contributed by atoms with E-state index in [0.717, 1.165) is 11.3 Å². The number of rotatable bonds is 4. The summed E-state index contributed by atoms with van der Waals surface area (Å²) in [5.74, 6) is -0.106. The van der Waals surface area contributed by atoms with Crippen molar-refractivity contribution in [2.24, 2.45) is 0 Å². The van der Waals surface area contributed by atoms with E-state index in [0.29, 0.717) is 9.90 Å². The molecular weight excluding hydrogens is 272 g/mol. The topological polar surface area (TPSA) is 52.0 Å². The quantitative estimate of drug-likeness (QED) is 0.809. The smallest absolute Gasteiger partial charge is 0.291 e. The average molecular weight is 283 g/mol. The Kier molecular flexibility index (Phi) is 3.93. The molecule has 0 fully saturated rings. The van der Waals surface area contributed by atoms with E-state index in [4.69, 9.17) is 11.6 Å². The van der Waals surface area contributed by atoms with Crippen LogP contribution in [0.4, 0.5) is 0 Å². The van der Waals surface area contributed by atoms with Crippen LogP contribution in [0.2, 0.25) is 5.02 Å². The van der Waals surface area contributed by atoms with E-state index in [9.17, 15) is 9.59 Å². The first-order valence-electron chi connectivity index (χ1n) is 5.44. The molecule has 0 bridgehead atoms. The Morgan fingerprint density at radius 2 is 2.28 bits per heavy atom. The lowest BCUT2D eigenvalue weighted by molar-refractivity contribution is 0.0974. The maximum Gasteiger partial charge on any atom is 0.348 e. The minimum atomic E-state index is -0.472. The molecule has 0 saturated carbocycles. The SMILES string of the molecule is CCc1ccc(C(=O)Cn2cc(Cl)cnc2=O)s1. The van der Waals surface area contributed by atoms with Crippen molar-refractivity contribution in [3.63, 3.8) is 0 Å². The number of nitrogens with zero attached hydrogens (tertiary/aromatic N) is 2. The highest BCUT2D eigenvalue weighted by atomic mass is 35.5. The third-order valence-corrected chi connectivity index (χ3v) is 3.89. The summed E-state index contributed by atoms with van der Waals surface area (Å²) in [5, 5.41) is 0.336. The summed E-state index contributed by atoms with van der Waals surface area (Å²) in [7, 11) is 0. The number of thiophene rings is 1. The number of Topliss-reactive ketones (excluding diaryl/α,β-unsaturated/α-hetero) is 1. The predicted molar refractivity (Wildman–Crippen MR) is 71.5 cm³/mol. The van der Waals surface area contributed by atoms with Gasteiger partial charge < -0.3 is 0 Å². The number of aryl methyl sites for hydroxylation is 1. The highest BCUT2D eigenvalue weighted by Crippen LogP contribution is 2.17. The van der Waals surface area contributed by atoms with E-state index in [1.807, 2.05) is 13.0 Å². The molecule has 18 heavy (non-hydrogen) atoms. The lowest BCUT2D eigenvalue weighted by Crippen LogP contribution is -2.25. The monoisotopic (exact) mass is 282 g/mol. The third-order valence-electron chi connectivity index (χ3n) is 2.42.